The lowest BCUT2D eigenvalue weighted by molar-refractivity contribution is 0.0968. The molecule has 0 bridgehead atoms. The van der Waals surface area contributed by atoms with Gasteiger partial charge >= 0.3 is 0 Å². The molecule has 17 heavy (non-hydrogen) atoms. The molecule has 1 aliphatic rings. The first-order valence-electron chi connectivity index (χ1n) is 6.06. The average molecular weight is 254 g/mol. The molecule has 94 valence electrons. The average Bonchev–Trinajstić information content (AvgIpc) is 2.73. The topological polar surface area (TPSA) is 20.3 Å². The largest absolute Gasteiger partial charge is 0.303 e. The molecule has 1 aromatic rings. The van der Waals surface area contributed by atoms with Gasteiger partial charge in [0, 0.05) is 25.1 Å². The number of carbonyl (C=O) groups excluding carboxylic acids is 1. The maximum Gasteiger partial charge on any atom is 0.164 e. The molecular weight excluding hydrogens is 234 g/mol. The Kier molecular flexibility index (Phi) is 5.66. The van der Waals surface area contributed by atoms with Gasteiger partial charge in [-0.1, -0.05) is 37.3 Å². The van der Waals surface area contributed by atoms with Gasteiger partial charge in [0.05, 0.1) is 0 Å². The van der Waals surface area contributed by atoms with Gasteiger partial charge in [-0.15, -0.1) is 12.4 Å². The lowest BCUT2D eigenvalue weighted by atomic mass is 10.1. The standard InChI is InChI=1S/C14H19NO.ClH/c1-12-7-9-15(11-12)10-8-14(16)13-5-3-2-4-6-13;/h2-6,12H,7-11H2,1H3;1H. The zero-order chi connectivity index (χ0) is 11.4. The molecule has 2 rings (SSSR count). The Hall–Kier alpha value is -0.860. The van der Waals surface area contributed by atoms with Gasteiger partial charge in [0.2, 0.25) is 0 Å². The predicted molar refractivity (Wildman–Crippen MR) is 72.9 cm³/mol. The van der Waals surface area contributed by atoms with Crippen LogP contribution in [0, 0.1) is 5.92 Å². The summed E-state index contributed by atoms with van der Waals surface area (Å²) in [4.78, 5) is 14.3. The monoisotopic (exact) mass is 253 g/mol. The van der Waals surface area contributed by atoms with E-state index in [0.29, 0.717) is 6.42 Å². The van der Waals surface area contributed by atoms with E-state index in [1.165, 1.54) is 6.42 Å². The fourth-order valence-corrected chi connectivity index (χ4v) is 2.26. The quantitative estimate of drug-likeness (QED) is 0.769. The van der Waals surface area contributed by atoms with Crippen molar-refractivity contribution in [2.45, 2.75) is 19.8 Å². The third-order valence-electron chi connectivity index (χ3n) is 3.26. The molecule has 0 radical (unpaired) electrons. The third-order valence-corrected chi connectivity index (χ3v) is 3.26. The van der Waals surface area contributed by atoms with E-state index in [9.17, 15) is 4.79 Å². The van der Waals surface area contributed by atoms with Crippen LogP contribution in [0.4, 0.5) is 0 Å². The number of carbonyl (C=O) groups is 1. The van der Waals surface area contributed by atoms with Crippen molar-refractivity contribution in [3.8, 4) is 0 Å². The second-order valence-electron chi connectivity index (χ2n) is 4.73. The molecule has 1 fully saturated rings. The second kappa shape index (κ2) is 6.77. The zero-order valence-corrected chi connectivity index (χ0v) is 11.1. The predicted octanol–water partition coefficient (Wildman–Crippen LogP) is 3.02. The fourth-order valence-electron chi connectivity index (χ4n) is 2.26. The Labute approximate surface area is 109 Å². The minimum absolute atomic E-state index is 0. The molecule has 0 N–H and O–H groups in total. The molecule has 3 heteroatoms. The van der Waals surface area contributed by atoms with E-state index >= 15 is 0 Å². The van der Waals surface area contributed by atoms with Crippen molar-refractivity contribution < 1.29 is 4.79 Å². The fraction of sp³-hybridized carbons (Fsp3) is 0.500. The van der Waals surface area contributed by atoms with E-state index in [2.05, 4.69) is 11.8 Å². The Morgan fingerprint density at radius 2 is 2.06 bits per heavy atom. The number of hydrogen-bond acceptors (Lipinski definition) is 2. The van der Waals surface area contributed by atoms with Crippen LogP contribution >= 0.6 is 12.4 Å². The van der Waals surface area contributed by atoms with Gasteiger partial charge < -0.3 is 4.90 Å². The second-order valence-corrected chi connectivity index (χ2v) is 4.73. The molecule has 0 spiro atoms. The van der Waals surface area contributed by atoms with E-state index in [-0.39, 0.29) is 18.2 Å². The molecule has 2 nitrogen and oxygen atoms in total. The first-order chi connectivity index (χ1) is 7.75. The van der Waals surface area contributed by atoms with Crippen LogP contribution in [-0.4, -0.2) is 30.3 Å². The molecule has 1 aliphatic heterocycles. The highest BCUT2D eigenvalue weighted by molar-refractivity contribution is 5.96. The number of benzene rings is 1. The van der Waals surface area contributed by atoms with Gasteiger partial charge in [0.25, 0.3) is 0 Å². The number of ketones is 1. The van der Waals surface area contributed by atoms with Crippen LogP contribution in [0.25, 0.3) is 0 Å². The van der Waals surface area contributed by atoms with Crippen LogP contribution < -0.4 is 0 Å². The van der Waals surface area contributed by atoms with Gasteiger partial charge in [-0.2, -0.15) is 0 Å². The smallest absolute Gasteiger partial charge is 0.164 e. The molecule has 0 aromatic heterocycles. The number of nitrogens with zero attached hydrogens (tertiary/aromatic N) is 1. The summed E-state index contributed by atoms with van der Waals surface area (Å²) < 4.78 is 0. The number of halogens is 1. The summed E-state index contributed by atoms with van der Waals surface area (Å²) >= 11 is 0. The number of hydrogen-bond donors (Lipinski definition) is 0. The van der Waals surface area contributed by atoms with Crippen molar-refractivity contribution in [3.63, 3.8) is 0 Å². The van der Waals surface area contributed by atoms with Gasteiger partial charge in [0.15, 0.2) is 5.78 Å². The molecule has 0 aliphatic carbocycles. The summed E-state index contributed by atoms with van der Waals surface area (Å²) in [5, 5.41) is 0. The first-order valence-corrected chi connectivity index (χ1v) is 6.06. The first kappa shape index (κ1) is 14.2. The summed E-state index contributed by atoms with van der Waals surface area (Å²) in [6.45, 7) is 5.50. The van der Waals surface area contributed by atoms with E-state index < -0.39 is 0 Å². The van der Waals surface area contributed by atoms with Crippen LogP contribution in [-0.2, 0) is 0 Å². The van der Waals surface area contributed by atoms with Crippen molar-refractivity contribution in [1.29, 1.82) is 0 Å². The van der Waals surface area contributed by atoms with Gasteiger partial charge in [0.1, 0.15) is 0 Å². The minimum Gasteiger partial charge on any atom is -0.303 e. The normalized spacial score (nSPS) is 19.9. The SMILES string of the molecule is CC1CCN(CCC(=O)c2ccccc2)C1.Cl. The number of rotatable bonds is 4. The van der Waals surface area contributed by atoms with E-state index in [1.807, 2.05) is 30.3 Å². The van der Waals surface area contributed by atoms with Crippen molar-refractivity contribution >= 4 is 18.2 Å². The molecule has 1 aromatic carbocycles. The summed E-state index contributed by atoms with van der Waals surface area (Å²) in [6.07, 6.45) is 1.93. The highest BCUT2D eigenvalue weighted by atomic mass is 35.5. The third kappa shape index (κ3) is 4.14. The maximum atomic E-state index is 11.9. The van der Waals surface area contributed by atoms with Crippen LogP contribution in [0.5, 0.6) is 0 Å². The summed E-state index contributed by atoms with van der Waals surface area (Å²) in [5.41, 5.74) is 0.842. The van der Waals surface area contributed by atoms with Crippen LogP contribution in [0.1, 0.15) is 30.1 Å². The van der Waals surface area contributed by atoms with E-state index in [1.54, 1.807) is 0 Å². The molecular formula is C14H20ClNO. The van der Waals surface area contributed by atoms with Gasteiger partial charge in [-0.05, 0) is 18.9 Å². The van der Waals surface area contributed by atoms with Crippen LogP contribution in [0.3, 0.4) is 0 Å². The summed E-state index contributed by atoms with van der Waals surface area (Å²) in [5.74, 6) is 1.06. The minimum atomic E-state index is 0. The maximum absolute atomic E-state index is 11.9. The van der Waals surface area contributed by atoms with Crippen molar-refractivity contribution in [2.24, 2.45) is 5.92 Å². The highest BCUT2D eigenvalue weighted by Gasteiger charge is 2.18. The van der Waals surface area contributed by atoms with Gasteiger partial charge in [-0.3, -0.25) is 4.79 Å². The Balaban J connectivity index is 0.00000144. The molecule has 0 amide bonds. The van der Waals surface area contributed by atoms with E-state index in [4.69, 9.17) is 0 Å². The summed E-state index contributed by atoms with van der Waals surface area (Å²) in [6, 6.07) is 9.58. The van der Waals surface area contributed by atoms with Gasteiger partial charge in [-0.25, -0.2) is 0 Å². The zero-order valence-electron chi connectivity index (χ0n) is 10.3. The van der Waals surface area contributed by atoms with Crippen molar-refractivity contribution in [3.05, 3.63) is 35.9 Å². The Morgan fingerprint density at radius 1 is 1.35 bits per heavy atom. The van der Waals surface area contributed by atoms with Crippen LogP contribution in [0.15, 0.2) is 30.3 Å². The van der Waals surface area contributed by atoms with E-state index in [0.717, 1.165) is 31.1 Å². The van der Waals surface area contributed by atoms with Crippen LogP contribution in [0.2, 0.25) is 0 Å². The number of likely N-dealkylation sites (tertiary alicyclic amines) is 1. The molecule has 1 heterocycles. The lowest BCUT2D eigenvalue weighted by Gasteiger charge is -2.14. The molecule has 1 saturated heterocycles. The molecule has 1 unspecified atom stereocenters. The summed E-state index contributed by atoms with van der Waals surface area (Å²) in [7, 11) is 0. The Bertz CT molecular complexity index is 352. The van der Waals surface area contributed by atoms with Crippen molar-refractivity contribution in [2.75, 3.05) is 19.6 Å². The molecule has 0 saturated carbocycles. The highest BCUT2D eigenvalue weighted by Crippen LogP contribution is 2.15. The number of Topliss-reactive ketones (excluding diaryl/α,β-unsaturated/α-hetero) is 1. The van der Waals surface area contributed by atoms with Crippen molar-refractivity contribution in [1.82, 2.24) is 4.90 Å². The molecule has 1 atom stereocenters. The lowest BCUT2D eigenvalue weighted by Crippen LogP contribution is -2.23. The Morgan fingerprint density at radius 3 is 2.65 bits per heavy atom.